The van der Waals surface area contributed by atoms with Gasteiger partial charge in [0.25, 0.3) is 5.91 Å². The molecule has 0 aliphatic heterocycles. The lowest BCUT2D eigenvalue weighted by Crippen LogP contribution is -2.27. The van der Waals surface area contributed by atoms with Gasteiger partial charge in [0.05, 0.1) is 43.5 Å². The van der Waals surface area contributed by atoms with Crippen LogP contribution in [0.5, 0.6) is 11.5 Å². The summed E-state index contributed by atoms with van der Waals surface area (Å²) >= 11 is 1.38. The number of para-hydroxylation sites is 1. The van der Waals surface area contributed by atoms with Gasteiger partial charge in [0.2, 0.25) is 5.91 Å². The summed E-state index contributed by atoms with van der Waals surface area (Å²) in [5, 5.41) is 5.24. The predicted octanol–water partition coefficient (Wildman–Crippen LogP) is 4.35. The Kier molecular flexibility index (Phi) is 7.61. The van der Waals surface area contributed by atoms with Crippen molar-refractivity contribution >= 4 is 29.3 Å². The monoisotopic (exact) mass is 440 g/mol. The van der Waals surface area contributed by atoms with Crippen LogP contribution in [0, 0.1) is 0 Å². The number of benzene rings is 2. The number of hydrogen-bond acceptors (Lipinski definition) is 6. The van der Waals surface area contributed by atoms with Crippen LogP contribution in [-0.4, -0.2) is 31.3 Å². The molecule has 8 heteroatoms. The normalized spacial score (nSPS) is 11.5. The van der Waals surface area contributed by atoms with Gasteiger partial charge >= 0.3 is 0 Å². The zero-order valence-electron chi connectivity index (χ0n) is 17.5. The van der Waals surface area contributed by atoms with Crippen LogP contribution < -0.4 is 20.1 Å². The molecule has 162 valence electrons. The maximum atomic E-state index is 12.8. The van der Waals surface area contributed by atoms with Crippen LogP contribution in [0.3, 0.4) is 0 Å². The number of carbonyl (C=O) groups excluding carboxylic acids is 2. The van der Waals surface area contributed by atoms with Crippen molar-refractivity contribution in [1.29, 1.82) is 0 Å². The summed E-state index contributed by atoms with van der Waals surface area (Å²) in [6, 6.07) is 15.9. The number of thioether (sulfide) groups is 1. The highest BCUT2D eigenvalue weighted by Crippen LogP contribution is 2.33. The quantitative estimate of drug-likeness (QED) is 0.481. The average Bonchev–Trinajstić information content (AvgIpc) is 3.31. The zero-order chi connectivity index (χ0) is 22.2. The van der Waals surface area contributed by atoms with E-state index >= 15 is 0 Å². The molecule has 2 N–H and O–H groups in total. The maximum absolute atomic E-state index is 12.8. The second-order valence-electron chi connectivity index (χ2n) is 6.57. The van der Waals surface area contributed by atoms with E-state index in [0.717, 1.165) is 4.90 Å². The van der Waals surface area contributed by atoms with Crippen molar-refractivity contribution in [3.63, 3.8) is 0 Å². The minimum Gasteiger partial charge on any atom is -0.493 e. The van der Waals surface area contributed by atoms with Gasteiger partial charge in [0, 0.05) is 4.90 Å². The van der Waals surface area contributed by atoms with E-state index in [2.05, 4.69) is 10.6 Å². The molecule has 0 aliphatic carbocycles. The molecule has 3 aromatic rings. The lowest BCUT2D eigenvalue weighted by atomic mass is 10.1. The van der Waals surface area contributed by atoms with E-state index in [-0.39, 0.29) is 18.4 Å². The number of methoxy groups -OCH3 is 2. The average molecular weight is 441 g/mol. The number of furan rings is 1. The Morgan fingerprint density at radius 3 is 2.52 bits per heavy atom. The van der Waals surface area contributed by atoms with Crippen LogP contribution in [-0.2, 0) is 11.3 Å². The predicted molar refractivity (Wildman–Crippen MR) is 120 cm³/mol. The smallest absolute Gasteiger partial charge is 0.253 e. The molecule has 7 nitrogen and oxygen atoms in total. The first-order valence-corrected chi connectivity index (χ1v) is 10.5. The van der Waals surface area contributed by atoms with Crippen molar-refractivity contribution < 1.29 is 23.5 Å². The van der Waals surface area contributed by atoms with Crippen molar-refractivity contribution in [2.45, 2.75) is 23.6 Å². The molecule has 3 rings (SSSR count). The van der Waals surface area contributed by atoms with Crippen LogP contribution in [0.25, 0.3) is 0 Å². The largest absolute Gasteiger partial charge is 0.493 e. The van der Waals surface area contributed by atoms with Gasteiger partial charge in [-0.15, -0.1) is 11.8 Å². The molecule has 0 radical (unpaired) electrons. The van der Waals surface area contributed by atoms with Crippen molar-refractivity contribution in [2.24, 2.45) is 0 Å². The third-order valence-corrected chi connectivity index (χ3v) is 5.56. The standard InChI is InChI=1S/C23H24N2O5S/c1-15(31-17-10-11-20(28-2)21(13-17)29-3)22(26)25-19-9-5-4-8-18(19)23(27)24-14-16-7-6-12-30-16/h4-13,15H,14H2,1-3H3,(H,24,27)(H,25,26)/t15-/m1/s1. The highest BCUT2D eigenvalue weighted by atomic mass is 32.2. The topological polar surface area (TPSA) is 89.8 Å². The highest BCUT2D eigenvalue weighted by molar-refractivity contribution is 8.00. The number of anilines is 1. The summed E-state index contributed by atoms with van der Waals surface area (Å²) in [6.45, 7) is 2.07. The molecular formula is C23H24N2O5S. The second kappa shape index (κ2) is 10.6. The number of rotatable bonds is 9. The van der Waals surface area contributed by atoms with E-state index in [4.69, 9.17) is 13.9 Å². The minimum absolute atomic E-state index is 0.217. The summed E-state index contributed by atoms with van der Waals surface area (Å²) < 4.78 is 15.8. The molecule has 0 bridgehead atoms. The molecule has 31 heavy (non-hydrogen) atoms. The minimum atomic E-state index is -0.405. The molecule has 0 spiro atoms. The fraction of sp³-hybridized carbons (Fsp3) is 0.217. The molecule has 0 fully saturated rings. The Bertz CT molecular complexity index is 1040. The molecule has 2 amide bonds. The molecule has 2 aromatic carbocycles. The van der Waals surface area contributed by atoms with Gasteiger partial charge in [-0.05, 0) is 49.4 Å². The van der Waals surface area contributed by atoms with Gasteiger partial charge < -0.3 is 24.5 Å². The molecule has 0 unspecified atom stereocenters. The van der Waals surface area contributed by atoms with E-state index in [9.17, 15) is 9.59 Å². The van der Waals surface area contributed by atoms with E-state index in [1.807, 2.05) is 12.1 Å². The molecule has 1 aromatic heterocycles. The number of nitrogens with one attached hydrogen (secondary N) is 2. The Balaban J connectivity index is 1.65. The van der Waals surface area contributed by atoms with Gasteiger partial charge in [0.1, 0.15) is 5.76 Å². The fourth-order valence-electron chi connectivity index (χ4n) is 2.85. The summed E-state index contributed by atoms with van der Waals surface area (Å²) in [5.74, 6) is 1.35. The first kappa shape index (κ1) is 22.3. The highest BCUT2D eigenvalue weighted by Gasteiger charge is 2.19. The molecule has 1 heterocycles. The Labute approximate surface area is 185 Å². The summed E-state index contributed by atoms with van der Waals surface area (Å²) in [5.41, 5.74) is 0.829. The Hall–Kier alpha value is -3.39. The lowest BCUT2D eigenvalue weighted by Gasteiger charge is -2.15. The van der Waals surface area contributed by atoms with Gasteiger partial charge in [0.15, 0.2) is 11.5 Å². The first-order chi connectivity index (χ1) is 15.0. The van der Waals surface area contributed by atoms with Crippen LogP contribution in [0.1, 0.15) is 23.0 Å². The molecule has 0 saturated heterocycles. The van der Waals surface area contributed by atoms with E-state index in [1.54, 1.807) is 69.9 Å². The number of ether oxygens (including phenoxy) is 2. The Morgan fingerprint density at radius 1 is 1.03 bits per heavy atom. The van der Waals surface area contributed by atoms with Gasteiger partial charge in [-0.3, -0.25) is 9.59 Å². The van der Waals surface area contributed by atoms with E-state index in [1.165, 1.54) is 11.8 Å². The van der Waals surface area contributed by atoms with E-state index in [0.29, 0.717) is 28.5 Å². The van der Waals surface area contributed by atoms with Crippen LogP contribution >= 0.6 is 11.8 Å². The molecular weight excluding hydrogens is 416 g/mol. The van der Waals surface area contributed by atoms with Crippen molar-refractivity contribution in [1.82, 2.24) is 5.32 Å². The SMILES string of the molecule is COc1ccc(S[C@H](C)C(=O)Nc2ccccc2C(=O)NCc2ccco2)cc1OC. The third-order valence-electron chi connectivity index (χ3n) is 4.47. The van der Waals surface area contributed by atoms with Crippen molar-refractivity contribution in [2.75, 3.05) is 19.5 Å². The lowest BCUT2D eigenvalue weighted by molar-refractivity contribution is -0.115. The van der Waals surface area contributed by atoms with Crippen LogP contribution in [0.4, 0.5) is 5.69 Å². The number of hydrogen-bond donors (Lipinski definition) is 2. The summed E-state index contributed by atoms with van der Waals surface area (Å²) in [7, 11) is 3.14. The fourth-order valence-corrected chi connectivity index (χ4v) is 3.74. The van der Waals surface area contributed by atoms with E-state index < -0.39 is 5.25 Å². The molecule has 0 aliphatic rings. The molecule has 1 atom stereocenters. The molecule has 0 saturated carbocycles. The summed E-state index contributed by atoms with van der Waals surface area (Å²) in [4.78, 5) is 26.2. The van der Waals surface area contributed by atoms with Crippen LogP contribution in [0.2, 0.25) is 0 Å². The van der Waals surface area contributed by atoms with Crippen LogP contribution in [0.15, 0.2) is 70.2 Å². The first-order valence-electron chi connectivity index (χ1n) is 9.61. The third kappa shape index (κ3) is 5.82. The zero-order valence-corrected chi connectivity index (χ0v) is 18.3. The van der Waals surface area contributed by atoms with Gasteiger partial charge in [-0.1, -0.05) is 12.1 Å². The maximum Gasteiger partial charge on any atom is 0.253 e. The van der Waals surface area contributed by atoms with Gasteiger partial charge in [-0.25, -0.2) is 0 Å². The number of amides is 2. The Morgan fingerprint density at radius 2 is 1.81 bits per heavy atom. The van der Waals surface area contributed by atoms with Crippen molar-refractivity contribution in [3.05, 3.63) is 72.2 Å². The van der Waals surface area contributed by atoms with Gasteiger partial charge in [-0.2, -0.15) is 0 Å². The van der Waals surface area contributed by atoms with Crippen molar-refractivity contribution in [3.8, 4) is 11.5 Å². The second-order valence-corrected chi connectivity index (χ2v) is 7.99. The number of carbonyl (C=O) groups is 2. The summed E-state index contributed by atoms with van der Waals surface area (Å²) in [6.07, 6.45) is 1.55.